The Kier molecular flexibility index (Phi) is 2.60. The van der Waals surface area contributed by atoms with Crippen LogP contribution in [0, 0.1) is 5.92 Å². The van der Waals surface area contributed by atoms with E-state index in [2.05, 4.69) is 29.5 Å². The second-order valence-corrected chi connectivity index (χ2v) is 4.38. The summed E-state index contributed by atoms with van der Waals surface area (Å²) in [5, 5.41) is 0. The van der Waals surface area contributed by atoms with E-state index in [1.54, 1.807) is 0 Å². The van der Waals surface area contributed by atoms with Crippen molar-refractivity contribution in [2.45, 2.75) is 36.5 Å². The lowest BCUT2D eigenvalue weighted by molar-refractivity contribution is 0.409. The van der Waals surface area contributed by atoms with E-state index in [1.165, 1.54) is 25.7 Å². The summed E-state index contributed by atoms with van der Waals surface area (Å²) in [7, 11) is 0. The second-order valence-electron chi connectivity index (χ2n) is 2.78. The molecule has 0 aliphatic heterocycles. The molecular weight excluding hydrogens is 211 g/mol. The second kappa shape index (κ2) is 3.04. The Hall–Kier alpha value is 0.730. The fraction of sp³-hybridized carbons (Fsp3) is 1.00. The summed E-state index contributed by atoms with van der Waals surface area (Å²) < 4.78 is 0.973. The molecule has 0 amide bonds. The van der Waals surface area contributed by atoms with Crippen molar-refractivity contribution in [2.24, 2.45) is 5.92 Å². The van der Waals surface area contributed by atoms with Crippen LogP contribution in [0.15, 0.2) is 0 Å². The van der Waals surface area contributed by atoms with Crippen molar-refractivity contribution in [3.63, 3.8) is 0 Å². The van der Waals surface area contributed by atoms with Gasteiger partial charge in [-0.05, 0) is 18.8 Å². The number of halogens is 1. The minimum atomic E-state index is 0.973. The van der Waals surface area contributed by atoms with Crippen molar-refractivity contribution in [2.75, 3.05) is 0 Å². The van der Waals surface area contributed by atoms with Crippen LogP contribution in [-0.2, 0) is 0 Å². The van der Waals surface area contributed by atoms with Gasteiger partial charge in [0.15, 0.2) is 0 Å². The van der Waals surface area contributed by atoms with Crippen LogP contribution in [0.5, 0.6) is 0 Å². The highest BCUT2D eigenvalue weighted by Crippen LogP contribution is 2.29. The average molecular weight is 224 g/mol. The van der Waals surface area contributed by atoms with Gasteiger partial charge in [-0.15, -0.1) is 0 Å². The third kappa shape index (κ3) is 1.61. The van der Waals surface area contributed by atoms with Crippen LogP contribution >= 0.6 is 22.6 Å². The predicted molar refractivity (Wildman–Crippen MR) is 45.4 cm³/mol. The maximum Gasteiger partial charge on any atom is 0.0135 e. The van der Waals surface area contributed by atoms with Gasteiger partial charge < -0.3 is 0 Å². The summed E-state index contributed by atoms with van der Waals surface area (Å²) in [6, 6.07) is 0. The zero-order chi connectivity index (χ0) is 5.98. The largest absolute Gasteiger partial charge is 0.0823 e. The van der Waals surface area contributed by atoms with Crippen molar-refractivity contribution >= 4 is 22.6 Å². The highest BCUT2D eigenvalue weighted by Gasteiger charge is 2.17. The first-order chi connectivity index (χ1) is 3.80. The van der Waals surface area contributed by atoms with Crippen molar-refractivity contribution in [1.82, 2.24) is 0 Å². The molecule has 0 saturated heterocycles. The van der Waals surface area contributed by atoms with Crippen LogP contribution in [0.25, 0.3) is 0 Å². The highest BCUT2D eigenvalue weighted by molar-refractivity contribution is 14.1. The molecular formula is C7H13I. The number of rotatable bonds is 0. The summed E-state index contributed by atoms with van der Waals surface area (Å²) >= 11 is 2.58. The first-order valence-electron chi connectivity index (χ1n) is 3.45. The molecule has 0 spiro atoms. The van der Waals surface area contributed by atoms with Crippen molar-refractivity contribution in [3.8, 4) is 0 Å². The molecule has 0 N–H and O–H groups in total. The molecule has 1 rings (SSSR count). The fourth-order valence-electron chi connectivity index (χ4n) is 1.27. The number of hydrogen-bond donors (Lipinski definition) is 0. The molecule has 1 heteroatoms. The van der Waals surface area contributed by atoms with Gasteiger partial charge in [0.1, 0.15) is 0 Å². The predicted octanol–water partition coefficient (Wildman–Crippen LogP) is 3.00. The summed E-state index contributed by atoms with van der Waals surface area (Å²) in [4.78, 5) is 0. The van der Waals surface area contributed by atoms with Crippen LogP contribution < -0.4 is 0 Å². The molecule has 1 aliphatic rings. The first kappa shape index (κ1) is 6.84. The molecule has 2 unspecified atom stereocenters. The molecule has 0 aromatic carbocycles. The highest BCUT2D eigenvalue weighted by atomic mass is 127. The Bertz CT molecular complexity index is 60.8. The maximum absolute atomic E-state index is 2.58. The fourth-order valence-corrected chi connectivity index (χ4v) is 2.07. The van der Waals surface area contributed by atoms with E-state index in [4.69, 9.17) is 0 Å². The Morgan fingerprint density at radius 1 is 1.25 bits per heavy atom. The minimum absolute atomic E-state index is 0.973. The van der Waals surface area contributed by atoms with Crippen LogP contribution in [-0.4, -0.2) is 3.92 Å². The lowest BCUT2D eigenvalue weighted by Gasteiger charge is -2.23. The molecule has 48 valence electrons. The van der Waals surface area contributed by atoms with Crippen molar-refractivity contribution < 1.29 is 0 Å². The Labute approximate surface area is 65.2 Å². The van der Waals surface area contributed by atoms with Crippen molar-refractivity contribution in [1.29, 1.82) is 0 Å². The van der Waals surface area contributed by atoms with Gasteiger partial charge in [-0.25, -0.2) is 0 Å². The third-order valence-electron chi connectivity index (χ3n) is 2.01. The lowest BCUT2D eigenvalue weighted by Crippen LogP contribution is -2.15. The van der Waals surface area contributed by atoms with Gasteiger partial charge in [0.25, 0.3) is 0 Å². The Balaban J connectivity index is 2.28. The topological polar surface area (TPSA) is 0 Å². The van der Waals surface area contributed by atoms with Crippen LogP contribution in [0.1, 0.15) is 32.6 Å². The van der Waals surface area contributed by atoms with E-state index >= 15 is 0 Å². The zero-order valence-corrected chi connectivity index (χ0v) is 7.52. The van der Waals surface area contributed by atoms with Gasteiger partial charge in [-0.3, -0.25) is 0 Å². The van der Waals surface area contributed by atoms with Crippen molar-refractivity contribution in [3.05, 3.63) is 0 Å². The molecule has 0 nitrogen and oxygen atoms in total. The third-order valence-corrected chi connectivity index (χ3v) is 3.86. The molecule has 1 saturated carbocycles. The van der Waals surface area contributed by atoms with E-state index in [0.29, 0.717) is 0 Å². The minimum Gasteiger partial charge on any atom is -0.0823 e. The summed E-state index contributed by atoms with van der Waals surface area (Å²) in [5.74, 6) is 0.990. The molecule has 1 fully saturated rings. The van der Waals surface area contributed by atoms with Gasteiger partial charge >= 0.3 is 0 Å². The molecule has 0 radical (unpaired) electrons. The van der Waals surface area contributed by atoms with E-state index in [-0.39, 0.29) is 0 Å². The number of hydrogen-bond acceptors (Lipinski definition) is 0. The summed E-state index contributed by atoms with van der Waals surface area (Å²) in [6.45, 7) is 2.37. The normalized spacial score (nSPS) is 39.8. The first-order valence-corrected chi connectivity index (χ1v) is 4.69. The molecule has 8 heavy (non-hydrogen) atoms. The summed E-state index contributed by atoms with van der Waals surface area (Å²) in [5.41, 5.74) is 0. The van der Waals surface area contributed by atoms with Gasteiger partial charge in [0.2, 0.25) is 0 Å². The molecule has 0 aromatic rings. The van der Waals surface area contributed by atoms with E-state index in [1.807, 2.05) is 0 Å². The molecule has 1 aliphatic carbocycles. The SMILES string of the molecule is CC1CCCCC1I. The van der Waals surface area contributed by atoms with Gasteiger partial charge in [-0.2, -0.15) is 0 Å². The molecule has 0 heterocycles. The Morgan fingerprint density at radius 2 is 1.88 bits per heavy atom. The lowest BCUT2D eigenvalue weighted by atomic mass is 9.91. The Morgan fingerprint density at radius 3 is 2.25 bits per heavy atom. The molecule has 0 aromatic heterocycles. The number of alkyl halides is 1. The molecule has 2 atom stereocenters. The monoisotopic (exact) mass is 224 g/mol. The van der Waals surface area contributed by atoms with Gasteiger partial charge in [0, 0.05) is 3.92 Å². The van der Waals surface area contributed by atoms with Crippen LogP contribution in [0.2, 0.25) is 0 Å². The average Bonchev–Trinajstić information content (AvgIpc) is 1.77. The van der Waals surface area contributed by atoms with Crippen LogP contribution in [0.3, 0.4) is 0 Å². The zero-order valence-electron chi connectivity index (χ0n) is 5.36. The summed E-state index contributed by atoms with van der Waals surface area (Å²) in [6.07, 6.45) is 5.87. The van der Waals surface area contributed by atoms with Gasteiger partial charge in [-0.1, -0.05) is 42.4 Å². The van der Waals surface area contributed by atoms with Gasteiger partial charge in [0.05, 0.1) is 0 Å². The van der Waals surface area contributed by atoms with E-state index in [9.17, 15) is 0 Å². The van der Waals surface area contributed by atoms with Crippen LogP contribution in [0.4, 0.5) is 0 Å². The van der Waals surface area contributed by atoms with E-state index in [0.717, 1.165) is 9.84 Å². The van der Waals surface area contributed by atoms with E-state index < -0.39 is 0 Å². The standard InChI is InChI=1S/C7H13I/c1-6-4-2-3-5-7(6)8/h6-7H,2-5H2,1H3. The maximum atomic E-state index is 2.58. The quantitative estimate of drug-likeness (QED) is 0.438. The molecule has 0 bridgehead atoms. The smallest absolute Gasteiger partial charge is 0.0135 e.